The van der Waals surface area contributed by atoms with Gasteiger partial charge in [-0.1, -0.05) is 54.1 Å². The second kappa shape index (κ2) is 9.72. The van der Waals surface area contributed by atoms with Crippen LogP contribution in [0.4, 0.5) is 0 Å². The number of amides is 2. The van der Waals surface area contributed by atoms with Crippen molar-refractivity contribution < 1.29 is 14.3 Å². The van der Waals surface area contributed by atoms with E-state index in [-0.39, 0.29) is 11.8 Å². The number of methoxy groups -OCH3 is 1. The lowest BCUT2D eigenvalue weighted by atomic mass is 10.0. The van der Waals surface area contributed by atoms with E-state index < -0.39 is 0 Å². The quantitative estimate of drug-likeness (QED) is 0.461. The third-order valence-electron chi connectivity index (χ3n) is 4.92. The molecule has 0 bridgehead atoms. The molecule has 0 saturated carbocycles. The van der Waals surface area contributed by atoms with E-state index in [0.717, 1.165) is 5.56 Å². The number of carbonyl (C=O) groups is 2. The molecule has 2 amide bonds. The molecule has 0 saturated heterocycles. The van der Waals surface area contributed by atoms with Gasteiger partial charge in [-0.2, -0.15) is 0 Å². The van der Waals surface area contributed by atoms with Crippen LogP contribution in [0.2, 0.25) is 5.02 Å². The maximum absolute atomic E-state index is 13.3. The van der Waals surface area contributed by atoms with E-state index in [2.05, 4.69) is 0 Å². The number of nitrogens with zero attached hydrogens (tertiary/aromatic N) is 2. The van der Waals surface area contributed by atoms with Crippen LogP contribution < -0.4 is 0 Å². The Balaban J connectivity index is 2.01. The summed E-state index contributed by atoms with van der Waals surface area (Å²) < 4.78 is 5.08. The van der Waals surface area contributed by atoms with Crippen LogP contribution in [0.25, 0.3) is 5.57 Å². The van der Waals surface area contributed by atoms with Crippen LogP contribution >= 0.6 is 11.6 Å². The number of hydrogen-bond acceptors (Lipinski definition) is 4. The minimum absolute atomic E-state index is 0.256. The SMILES string of the molecule is CCN(Cc1ccccc1)C1=C(c2ccc(Cl)cc2)C(=O)N(CCCOC)C1=O. The van der Waals surface area contributed by atoms with E-state index in [1.165, 1.54) is 4.90 Å². The molecular formula is C23H25ClN2O3. The zero-order chi connectivity index (χ0) is 20.8. The molecule has 0 unspecified atom stereocenters. The highest BCUT2D eigenvalue weighted by Gasteiger charge is 2.40. The molecule has 0 aromatic heterocycles. The number of likely N-dealkylation sites (N-methyl/N-ethyl adjacent to an activating group) is 1. The molecular weight excluding hydrogens is 388 g/mol. The Bertz CT molecular complexity index is 894. The van der Waals surface area contributed by atoms with Crippen LogP contribution in [0.5, 0.6) is 0 Å². The first-order valence-electron chi connectivity index (χ1n) is 9.71. The van der Waals surface area contributed by atoms with E-state index in [1.807, 2.05) is 42.2 Å². The average molecular weight is 413 g/mol. The Morgan fingerprint density at radius 2 is 1.69 bits per heavy atom. The van der Waals surface area contributed by atoms with Crippen molar-refractivity contribution in [3.05, 3.63) is 76.4 Å². The van der Waals surface area contributed by atoms with Gasteiger partial charge < -0.3 is 9.64 Å². The summed E-state index contributed by atoms with van der Waals surface area (Å²) in [5.74, 6) is -0.524. The molecule has 1 aliphatic rings. The molecule has 3 rings (SSSR count). The van der Waals surface area contributed by atoms with Crippen molar-refractivity contribution in [1.29, 1.82) is 0 Å². The zero-order valence-electron chi connectivity index (χ0n) is 16.7. The molecule has 6 heteroatoms. The molecule has 1 heterocycles. The standard InChI is InChI=1S/C23H25ClN2O3/c1-3-25(16-17-8-5-4-6-9-17)21-20(18-10-12-19(24)13-11-18)22(27)26(23(21)28)14-7-15-29-2/h4-6,8-13H,3,7,14-16H2,1-2H3. The Labute approximate surface area is 176 Å². The minimum Gasteiger partial charge on any atom is -0.385 e. The Kier molecular flexibility index (Phi) is 7.07. The van der Waals surface area contributed by atoms with Gasteiger partial charge in [0.2, 0.25) is 0 Å². The summed E-state index contributed by atoms with van der Waals surface area (Å²) in [5, 5.41) is 0.584. The van der Waals surface area contributed by atoms with Gasteiger partial charge >= 0.3 is 0 Å². The molecule has 0 fully saturated rings. The number of hydrogen-bond donors (Lipinski definition) is 0. The lowest BCUT2D eigenvalue weighted by Crippen LogP contribution is -2.36. The van der Waals surface area contributed by atoms with Gasteiger partial charge in [0.1, 0.15) is 5.70 Å². The third-order valence-corrected chi connectivity index (χ3v) is 5.17. The largest absolute Gasteiger partial charge is 0.385 e. The van der Waals surface area contributed by atoms with Crippen molar-refractivity contribution in [1.82, 2.24) is 9.80 Å². The number of benzene rings is 2. The van der Waals surface area contributed by atoms with Crippen molar-refractivity contribution in [2.45, 2.75) is 19.9 Å². The van der Waals surface area contributed by atoms with Crippen LogP contribution in [0.15, 0.2) is 60.3 Å². The molecule has 152 valence electrons. The van der Waals surface area contributed by atoms with E-state index >= 15 is 0 Å². The molecule has 0 spiro atoms. The normalized spacial score (nSPS) is 14.1. The maximum Gasteiger partial charge on any atom is 0.277 e. The first-order valence-corrected chi connectivity index (χ1v) is 10.1. The van der Waals surface area contributed by atoms with E-state index in [9.17, 15) is 9.59 Å². The average Bonchev–Trinajstić information content (AvgIpc) is 2.98. The molecule has 29 heavy (non-hydrogen) atoms. The van der Waals surface area contributed by atoms with Gasteiger partial charge in [0.25, 0.3) is 11.8 Å². The molecule has 0 aliphatic carbocycles. The van der Waals surface area contributed by atoms with Crippen molar-refractivity contribution >= 4 is 29.0 Å². The Morgan fingerprint density at radius 1 is 1.00 bits per heavy atom. The van der Waals surface area contributed by atoms with Gasteiger partial charge in [-0.25, -0.2) is 0 Å². The van der Waals surface area contributed by atoms with Gasteiger partial charge in [-0.15, -0.1) is 0 Å². The summed E-state index contributed by atoms with van der Waals surface area (Å²) in [6, 6.07) is 17.0. The first-order chi connectivity index (χ1) is 14.1. The Morgan fingerprint density at radius 3 is 2.31 bits per heavy atom. The van der Waals surface area contributed by atoms with Crippen LogP contribution in [0.3, 0.4) is 0 Å². The highest BCUT2D eigenvalue weighted by Crippen LogP contribution is 2.33. The molecule has 0 atom stereocenters. The molecule has 2 aromatic rings. The highest BCUT2D eigenvalue weighted by atomic mass is 35.5. The number of rotatable bonds is 9. The fourth-order valence-corrected chi connectivity index (χ4v) is 3.58. The molecule has 1 aliphatic heterocycles. The topological polar surface area (TPSA) is 49.9 Å². The number of carbonyl (C=O) groups excluding carboxylic acids is 2. The lowest BCUT2D eigenvalue weighted by molar-refractivity contribution is -0.137. The summed E-state index contributed by atoms with van der Waals surface area (Å²) in [7, 11) is 1.61. The summed E-state index contributed by atoms with van der Waals surface area (Å²) in [4.78, 5) is 29.8. The number of halogens is 1. The smallest absolute Gasteiger partial charge is 0.277 e. The molecule has 5 nitrogen and oxygen atoms in total. The summed E-state index contributed by atoms with van der Waals surface area (Å²) in [6.45, 7) is 3.96. The monoisotopic (exact) mass is 412 g/mol. The number of imide groups is 1. The van der Waals surface area contributed by atoms with Gasteiger partial charge in [-0.05, 0) is 36.6 Å². The van der Waals surface area contributed by atoms with Crippen molar-refractivity contribution in [2.75, 3.05) is 26.8 Å². The van der Waals surface area contributed by atoms with Crippen LogP contribution in [0, 0.1) is 0 Å². The van der Waals surface area contributed by atoms with Gasteiger partial charge in [0.15, 0.2) is 0 Å². The second-order valence-corrected chi connectivity index (χ2v) is 7.28. The maximum atomic E-state index is 13.3. The number of ether oxygens (including phenoxy) is 1. The molecule has 2 aromatic carbocycles. The van der Waals surface area contributed by atoms with Crippen LogP contribution in [-0.2, 0) is 20.9 Å². The second-order valence-electron chi connectivity index (χ2n) is 6.84. The van der Waals surface area contributed by atoms with Crippen LogP contribution in [0.1, 0.15) is 24.5 Å². The van der Waals surface area contributed by atoms with Crippen LogP contribution in [-0.4, -0.2) is 48.4 Å². The van der Waals surface area contributed by atoms with Gasteiger partial charge in [-0.3, -0.25) is 14.5 Å². The lowest BCUT2D eigenvalue weighted by Gasteiger charge is -2.25. The van der Waals surface area contributed by atoms with Gasteiger partial charge in [0, 0.05) is 38.4 Å². The summed E-state index contributed by atoms with van der Waals surface area (Å²) >= 11 is 6.03. The fraction of sp³-hybridized carbons (Fsp3) is 0.304. The third kappa shape index (κ3) is 4.69. The molecule has 0 radical (unpaired) electrons. The molecule has 0 N–H and O–H groups in total. The first kappa shape index (κ1) is 21.1. The summed E-state index contributed by atoms with van der Waals surface area (Å²) in [5.41, 5.74) is 2.65. The predicted molar refractivity (Wildman–Crippen MR) is 114 cm³/mol. The summed E-state index contributed by atoms with van der Waals surface area (Å²) in [6.07, 6.45) is 0.597. The van der Waals surface area contributed by atoms with Crippen molar-refractivity contribution in [3.8, 4) is 0 Å². The predicted octanol–water partition coefficient (Wildman–Crippen LogP) is 3.98. The fourth-order valence-electron chi connectivity index (χ4n) is 3.46. The highest BCUT2D eigenvalue weighted by molar-refractivity contribution is 6.36. The van der Waals surface area contributed by atoms with Gasteiger partial charge in [0.05, 0.1) is 5.57 Å². The Hall–Kier alpha value is -2.63. The minimum atomic E-state index is -0.269. The van der Waals surface area contributed by atoms with E-state index in [1.54, 1.807) is 31.4 Å². The zero-order valence-corrected chi connectivity index (χ0v) is 17.5. The van der Waals surface area contributed by atoms with Crippen molar-refractivity contribution in [2.24, 2.45) is 0 Å². The van der Waals surface area contributed by atoms with E-state index in [0.29, 0.717) is 54.5 Å². The van der Waals surface area contributed by atoms with Crippen molar-refractivity contribution in [3.63, 3.8) is 0 Å². The van der Waals surface area contributed by atoms with E-state index in [4.69, 9.17) is 16.3 Å².